The molecule has 0 fully saturated rings. The van der Waals surface area contributed by atoms with Gasteiger partial charge >= 0.3 is 5.97 Å². The first-order chi connectivity index (χ1) is 6.44. The maximum absolute atomic E-state index is 11.3. The summed E-state index contributed by atoms with van der Waals surface area (Å²) in [7, 11) is -3.72. The lowest BCUT2D eigenvalue weighted by Crippen LogP contribution is -2.36. The predicted molar refractivity (Wildman–Crippen MR) is 50.4 cm³/mol. The van der Waals surface area contributed by atoms with Crippen molar-refractivity contribution in [2.75, 3.05) is 25.4 Å². The average molecular weight is 225 g/mol. The van der Waals surface area contributed by atoms with Crippen molar-refractivity contribution in [2.24, 2.45) is 0 Å². The van der Waals surface area contributed by atoms with Crippen LogP contribution < -0.4 is 0 Å². The molecule has 0 rings (SSSR count). The number of aliphatic hydroxyl groups excluding tert-OH is 1. The van der Waals surface area contributed by atoms with E-state index in [1.165, 1.54) is 0 Å². The fraction of sp³-hybridized carbons (Fsp3) is 0.857. The molecule has 0 heterocycles. The van der Waals surface area contributed by atoms with E-state index in [9.17, 15) is 13.2 Å². The largest absolute Gasteiger partial charge is 0.480 e. The molecule has 0 aromatic heterocycles. The Kier molecular flexibility index (Phi) is 5.66. The van der Waals surface area contributed by atoms with Crippen molar-refractivity contribution >= 4 is 16.0 Å². The summed E-state index contributed by atoms with van der Waals surface area (Å²) in [6.45, 7) is 1.88. The van der Waals surface area contributed by atoms with Crippen LogP contribution in [0.15, 0.2) is 0 Å². The molecule has 0 bridgehead atoms. The van der Waals surface area contributed by atoms with E-state index in [0.717, 1.165) is 4.31 Å². The van der Waals surface area contributed by atoms with Gasteiger partial charge in [0, 0.05) is 19.7 Å². The van der Waals surface area contributed by atoms with Crippen LogP contribution in [0.1, 0.15) is 13.3 Å². The summed E-state index contributed by atoms with van der Waals surface area (Å²) >= 11 is 0. The van der Waals surface area contributed by atoms with Crippen molar-refractivity contribution in [1.82, 2.24) is 4.31 Å². The van der Waals surface area contributed by atoms with Gasteiger partial charge in [-0.15, -0.1) is 0 Å². The minimum Gasteiger partial charge on any atom is -0.480 e. The molecule has 0 atom stereocenters. The summed E-state index contributed by atoms with van der Waals surface area (Å²) in [6, 6.07) is 0. The first-order valence-electron chi connectivity index (χ1n) is 4.24. The van der Waals surface area contributed by atoms with E-state index in [0.29, 0.717) is 6.42 Å². The predicted octanol–water partition coefficient (Wildman–Crippen LogP) is -0.895. The number of rotatable bonds is 7. The van der Waals surface area contributed by atoms with Crippen molar-refractivity contribution in [2.45, 2.75) is 13.3 Å². The minimum atomic E-state index is -3.72. The molecular formula is C7H15NO5S. The van der Waals surface area contributed by atoms with Gasteiger partial charge in [-0.3, -0.25) is 4.79 Å². The highest BCUT2D eigenvalue weighted by atomic mass is 32.2. The van der Waals surface area contributed by atoms with E-state index in [1.807, 2.05) is 0 Å². The molecule has 0 aliphatic rings. The SMILES string of the molecule is CCN(CCCO)S(=O)(=O)CC(=O)O. The fourth-order valence-electron chi connectivity index (χ4n) is 0.988. The second-order valence-corrected chi connectivity index (χ2v) is 4.69. The molecule has 0 saturated heterocycles. The lowest BCUT2D eigenvalue weighted by molar-refractivity contribution is -0.134. The average Bonchev–Trinajstić information content (AvgIpc) is 2.02. The number of carboxylic acids is 1. The van der Waals surface area contributed by atoms with Crippen LogP contribution in [0, 0.1) is 0 Å². The van der Waals surface area contributed by atoms with E-state index in [2.05, 4.69) is 0 Å². The quantitative estimate of drug-likeness (QED) is 0.586. The summed E-state index contributed by atoms with van der Waals surface area (Å²) < 4.78 is 23.7. The molecule has 2 N–H and O–H groups in total. The molecule has 0 aromatic rings. The Labute approximate surface area is 83.2 Å². The smallest absolute Gasteiger partial charge is 0.320 e. The van der Waals surface area contributed by atoms with E-state index in [4.69, 9.17) is 10.2 Å². The Morgan fingerprint density at radius 3 is 2.36 bits per heavy atom. The van der Waals surface area contributed by atoms with Crippen LogP contribution in [0.5, 0.6) is 0 Å². The summed E-state index contributed by atoms with van der Waals surface area (Å²) in [4.78, 5) is 10.3. The number of hydrogen-bond donors (Lipinski definition) is 2. The van der Waals surface area contributed by atoms with Crippen molar-refractivity contribution in [3.63, 3.8) is 0 Å². The Hall–Kier alpha value is -0.660. The van der Waals surface area contributed by atoms with Gasteiger partial charge in [-0.2, -0.15) is 0 Å². The standard InChI is InChI=1S/C7H15NO5S/c1-2-8(4-3-5-9)14(12,13)6-7(10)11/h9H,2-6H2,1H3,(H,10,11). The molecule has 0 aliphatic carbocycles. The Morgan fingerprint density at radius 2 is 2.00 bits per heavy atom. The highest BCUT2D eigenvalue weighted by Gasteiger charge is 2.22. The van der Waals surface area contributed by atoms with Gasteiger partial charge in [0.1, 0.15) is 0 Å². The zero-order valence-electron chi connectivity index (χ0n) is 8.01. The molecule has 14 heavy (non-hydrogen) atoms. The van der Waals surface area contributed by atoms with E-state index in [1.54, 1.807) is 6.92 Å². The summed E-state index contributed by atoms with van der Waals surface area (Å²) in [6.07, 6.45) is 0.312. The van der Waals surface area contributed by atoms with Crippen LogP contribution in [0.3, 0.4) is 0 Å². The number of sulfonamides is 1. The second-order valence-electron chi connectivity index (χ2n) is 2.72. The minimum absolute atomic E-state index is 0.112. The van der Waals surface area contributed by atoms with Crippen LogP contribution in [0.2, 0.25) is 0 Å². The van der Waals surface area contributed by atoms with Crippen LogP contribution in [0.4, 0.5) is 0 Å². The fourth-order valence-corrected chi connectivity index (χ4v) is 2.28. The van der Waals surface area contributed by atoms with Gasteiger partial charge in [0.05, 0.1) is 0 Å². The van der Waals surface area contributed by atoms with Crippen molar-refractivity contribution < 1.29 is 23.4 Å². The molecule has 0 aliphatic heterocycles. The van der Waals surface area contributed by atoms with Gasteiger partial charge in [0.15, 0.2) is 5.75 Å². The summed E-state index contributed by atoms with van der Waals surface area (Å²) in [5.41, 5.74) is 0. The normalized spacial score (nSPS) is 11.9. The van der Waals surface area contributed by atoms with Crippen LogP contribution in [-0.2, 0) is 14.8 Å². The summed E-state index contributed by atoms with van der Waals surface area (Å²) in [5, 5.41) is 16.9. The zero-order valence-corrected chi connectivity index (χ0v) is 8.83. The third-order valence-corrected chi connectivity index (χ3v) is 3.46. The Bertz CT molecular complexity index is 274. The van der Waals surface area contributed by atoms with Crippen LogP contribution in [0.25, 0.3) is 0 Å². The number of aliphatic hydroxyl groups is 1. The molecule has 0 unspecified atom stereocenters. The Balaban J connectivity index is 4.41. The highest BCUT2D eigenvalue weighted by Crippen LogP contribution is 2.02. The van der Waals surface area contributed by atoms with Crippen LogP contribution in [-0.4, -0.2) is 54.4 Å². The second kappa shape index (κ2) is 5.94. The number of carboxylic acid groups (broad SMARTS) is 1. The van der Waals surface area contributed by atoms with Gasteiger partial charge in [0.25, 0.3) is 0 Å². The van der Waals surface area contributed by atoms with E-state index >= 15 is 0 Å². The first kappa shape index (κ1) is 13.3. The van der Waals surface area contributed by atoms with Crippen molar-refractivity contribution in [3.8, 4) is 0 Å². The molecule has 0 aromatic carbocycles. The topological polar surface area (TPSA) is 94.9 Å². The molecule has 0 radical (unpaired) electrons. The molecule has 0 saturated carbocycles. The number of carbonyl (C=O) groups is 1. The van der Waals surface area contributed by atoms with Gasteiger partial charge in [-0.1, -0.05) is 6.92 Å². The molecule has 7 heteroatoms. The van der Waals surface area contributed by atoms with Crippen molar-refractivity contribution in [1.29, 1.82) is 0 Å². The highest BCUT2D eigenvalue weighted by molar-refractivity contribution is 7.89. The third-order valence-electron chi connectivity index (χ3n) is 1.62. The number of aliphatic carboxylic acids is 1. The Morgan fingerprint density at radius 1 is 1.43 bits per heavy atom. The lowest BCUT2D eigenvalue weighted by Gasteiger charge is -2.18. The third kappa shape index (κ3) is 4.54. The van der Waals surface area contributed by atoms with Crippen LogP contribution >= 0.6 is 0 Å². The van der Waals surface area contributed by atoms with E-state index < -0.39 is 21.7 Å². The summed E-state index contributed by atoms with van der Waals surface area (Å²) in [5.74, 6) is -2.26. The van der Waals surface area contributed by atoms with Gasteiger partial charge in [0.2, 0.25) is 10.0 Å². The maximum atomic E-state index is 11.3. The van der Waals surface area contributed by atoms with Gasteiger partial charge < -0.3 is 10.2 Å². The molecule has 6 nitrogen and oxygen atoms in total. The van der Waals surface area contributed by atoms with Gasteiger partial charge in [-0.05, 0) is 6.42 Å². The lowest BCUT2D eigenvalue weighted by atomic mass is 10.4. The number of hydrogen-bond acceptors (Lipinski definition) is 4. The maximum Gasteiger partial charge on any atom is 0.320 e. The number of nitrogens with zero attached hydrogens (tertiary/aromatic N) is 1. The first-order valence-corrected chi connectivity index (χ1v) is 5.85. The molecule has 0 amide bonds. The molecule has 84 valence electrons. The monoisotopic (exact) mass is 225 g/mol. The zero-order chi connectivity index (χ0) is 11.2. The molecular weight excluding hydrogens is 210 g/mol. The van der Waals surface area contributed by atoms with Crippen molar-refractivity contribution in [3.05, 3.63) is 0 Å². The molecule has 0 spiro atoms. The van der Waals surface area contributed by atoms with E-state index in [-0.39, 0.29) is 19.7 Å². The van der Waals surface area contributed by atoms with Gasteiger partial charge in [-0.25, -0.2) is 12.7 Å².